The number of rotatable bonds is 2. The van der Waals surface area contributed by atoms with Crippen LogP contribution in [0.15, 0.2) is 18.2 Å². The molecule has 0 spiro atoms. The van der Waals surface area contributed by atoms with Crippen molar-refractivity contribution in [2.45, 2.75) is 12.6 Å². The van der Waals surface area contributed by atoms with E-state index in [1.54, 1.807) is 6.07 Å². The van der Waals surface area contributed by atoms with E-state index in [4.69, 9.17) is 5.26 Å². The molecule has 2 rings (SSSR count). The molecule has 0 aliphatic carbocycles. The van der Waals surface area contributed by atoms with Crippen molar-refractivity contribution in [3.05, 3.63) is 29.3 Å². The third kappa shape index (κ3) is 2.88. The Balaban J connectivity index is 2.43. The second-order valence-corrected chi connectivity index (χ2v) is 4.77. The van der Waals surface area contributed by atoms with Gasteiger partial charge in [0.2, 0.25) is 5.91 Å². The van der Waals surface area contributed by atoms with Crippen LogP contribution in [0.1, 0.15) is 17.5 Å². The number of alkyl halides is 3. The summed E-state index contributed by atoms with van der Waals surface area (Å²) in [5.74, 6) is -2.03. The molecule has 1 aromatic rings. The van der Waals surface area contributed by atoms with Crippen LogP contribution in [0, 0.1) is 17.2 Å². The van der Waals surface area contributed by atoms with Gasteiger partial charge in [-0.2, -0.15) is 18.4 Å². The number of esters is 1. The molecular formula is C14H11F3N2O3. The van der Waals surface area contributed by atoms with E-state index in [1.165, 1.54) is 6.07 Å². The van der Waals surface area contributed by atoms with Crippen molar-refractivity contribution < 1.29 is 27.5 Å². The van der Waals surface area contributed by atoms with Gasteiger partial charge in [0.25, 0.3) is 0 Å². The first-order valence-corrected chi connectivity index (χ1v) is 6.27. The van der Waals surface area contributed by atoms with Crippen LogP contribution in [0.3, 0.4) is 0 Å². The van der Waals surface area contributed by atoms with Crippen LogP contribution in [-0.2, 0) is 20.5 Å². The minimum atomic E-state index is -4.72. The van der Waals surface area contributed by atoms with E-state index >= 15 is 0 Å². The summed E-state index contributed by atoms with van der Waals surface area (Å²) in [5.41, 5.74) is -1.60. The lowest BCUT2D eigenvalue weighted by Gasteiger charge is -2.21. The number of amides is 1. The maximum Gasteiger partial charge on any atom is 0.418 e. The fraction of sp³-hybridized carbons (Fsp3) is 0.357. The molecular weight excluding hydrogens is 301 g/mol. The monoisotopic (exact) mass is 312 g/mol. The number of anilines is 1. The summed E-state index contributed by atoms with van der Waals surface area (Å²) in [5, 5.41) is 8.72. The van der Waals surface area contributed by atoms with Gasteiger partial charge < -0.3 is 9.64 Å². The maximum absolute atomic E-state index is 13.1. The summed E-state index contributed by atoms with van der Waals surface area (Å²) in [7, 11) is 1.15. The molecule has 1 unspecified atom stereocenters. The molecule has 1 fully saturated rings. The normalized spacial score (nSPS) is 18.2. The summed E-state index contributed by atoms with van der Waals surface area (Å²) in [6.45, 7) is -0.180. The summed E-state index contributed by atoms with van der Waals surface area (Å²) in [4.78, 5) is 24.3. The number of hydrogen-bond acceptors (Lipinski definition) is 4. The van der Waals surface area contributed by atoms with Crippen molar-refractivity contribution in [1.29, 1.82) is 5.26 Å². The average molecular weight is 312 g/mol. The standard InChI is InChI=1S/C14H11F3N2O3/c1-22-13(21)9-5-12(20)19(7-9)11-3-2-8(6-18)4-10(11)14(15,16)17/h2-4,9H,5,7H2,1H3. The van der Waals surface area contributed by atoms with E-state index in [0.29, 0.717) is 6.07 Å². The van der Waals surface area contributed by atoms with E-state index in [2.05, 4.69) is 4.74 Å². The van der Waals surface area contributed by atoms with Crippen molar-refractivity contribution >= 4 is 17.6 Å². The zero-order valence-electron chi connectivity index (χ0n) is 11.5. The second kappa shape index (κ2) is 5.67. The number of carbonyl (C=O) groups excluding carboxylic acids is 2. The van der Waals surface area contributed by atoms with E-state index in [1.807, 2.05) is 0 Å². The first kappa shape index (κ1) is 15.8. The molecule has 1 atom stereocenters. The molecule has 8 heteroatoms. The molecule has 1 aliphatic heterocycles. The van der Waals surface area contributed by atoms with Gasteiger partial charge in [-0.05, 0) is 18.2 Å². The van der Waals surface area contributed by atoms with Crippen molar-refractivity contribution in [3.63, 3.8) is 0 Å². The first-order valence-electron chi connectivity index (χ1n) is 6.27. The largest absolute Gasteiger partial charge is 0.469 e. The summed E-state index contributed by atoms with van der Waals surface area (Å²) in [6.07, 6.45) is -4.92. The number of halogens is 3. The minimum Gasteiger partial charge on any atom is -0.469 e. The van der Waals surface area contributed by atoms with Crippen LogP contribution in [0.2, 0.25) is 0 Å². The molecule has 1 heterocycles. The third-order valence-corrected chi connectivity index (χ3v) is 3.38. The van der Waals surface area contributed by atoms with Crippen LogP contribution in [0.25, 0.3) is 0 Å². The summed E-state index contributed by atoms with van der Waals surface area (Å²) >= 11 is 0. The van der Waals surface area contributed by atoms with Gasteiger partial charge in [-0.3, -0.25) is 9.59 Å². The van der Waals surface area contributed by atoms with Crippen LogP contribution in [0.4, 0.5) is 18.9 Å². The number of nitrogens with zero attached hydrogens (tertiary/aromatic N) is 2. The van der Waals surface area contributed by atoms with E-state index < -0.39 is 29.5 Å². The zero-order chi connectivity index (χ0) is 16.5. The predicted molar refractivity (Wildman–Crippen MR) is 68.6 cm³/mol. The Bertz CT molecular complexity index is 664. The molecule has 0 saturated carbocycles. The lowest BCUT2D eigenvalue weighted by atomic mass is 10.1. The number of methoxy groups -OCH3 is 1. The number of benzene rings is 1. The van der Waals surface area contributed by atoms with Gasteiger partial charge in [0, 0.05) is 13.0 Å². The van der Waals surface area contributed by atoms with E-state index in [9.17, 15) is 22.8 Å². The smallest absolute Gasteiger partial charge is 0.418 e. The lowest BCUT2D eigenvalue weighted by molar-refractivity contribution is -0.145. The van der Waals surface area contributed by atoms with Crippen LogP contribution < -0.4 is 4.90 Å². The fourth-order valence-corrected chi connectivity index (χ4v) is 2.33. The molecule has 0 aromatic heterocycles. The highest BCUT2D eigenvalue weighted by atomic mass is 19.4. The minimum absolute atomic E-state index is 0.160. The number of carbonyl (C=O) groups is 2. The zero-order valence-corrected chi connectivity index (χ0v) is 11.5. The molecule has 1 amide bonds. The summed E-state index contributed by atoms with van der Waals surface area (Å²) < 4.78 is 43.9. The van der Waals surface area contributed by atoms with Gasteiger partial charge in [-0.25, -0.2) is 0 Å². The first-order chi connectivity index (χ1) is 10.3. The third-order valence-electron chi connectivity index (χ3n) is 3.38. The molecule has 1 saturated heterocycles. The Kier molecular flexibility index (Phi) is 4.08. The van der Waals surface area contributed by atoms with Crippen LogP contribution in [0.5, 0.6) is 0 Å². The predicted octanol–water partition coefficient (Wildman–Crippen LogP) is 2.10. The molecule has 1 aromatic carbocycles. The highest BCUT2D eigenvalue weighted by Crippen LogP contribution is 2.39. The Morgan fingerprint density at radius 1 is 1.45 bits per heavy atom. The molecule has 5 nitrogen and oxygen atoms in total. The molecule has 0 radical (unpaired) electrons. The number of ether oxygens (including phenoxy) is 1. The second-order valence-electron chi connectivity index (χ2n) is 4.77. The van der Waals surface area contributed by atoms with Crippen molar-refractivity contribution in [2.75, 3.05) is 18.6 Å². The Hall–Kier alpha value is -2.56. The Labute approximate surface area is 123 Å². The van der Waals surface area contributed by atoms with Crippen molar-refractivity contribution in [3.8, 4) is 6.07 Å². The quantitative estimate of drug-likeness (QED) is 0.784. The molecule has 116 valence electrons. The van der Waals surface area contributed by atoms with Gasteiger partial charge in [-0.1, -0.05) is 0 Å². The number of hydrogen-bond donors (Lipinski definition) is 0. The van der Waals surface area contributed by atoms with Gasteiger partial charge in [0.15, 0.2) is 0 Å². The molecule has 0 bridgehead atoms. The average Bonchev–Trinajstić information content (AvgIpc) is 2.86. The molecule has 22 heavy (non-hydrogen) atoms. The molecule has 1 aliphatic rings. The van der Waals surface area contributed by atoms with E-state index in [-0.39, 0.29) is 24.2 Å². The van der Waals surface area contributed by atoms with Gasteiger partial charge >= 0.3 is 12.1 Å². The maximum atomic E-state index is 13.1. The Morgan fingerprint density at radius 3 is 2.68 bits per heavy atom. The van der Waals surface area contributed by atoms with Crippen LogP contribution in [-0.4, -0.2) is 25.5 Å². The number of nitriles is 1. The molecule has 0 N–H and O–H groups in total. The van der Waals surface area contributed by atoms with Crippen molar-refractivity contribution in [2.24, 2.45) is 5.92 Å². The highest BCUT2D eigenvalue weighted by molar-refractivity contribution is 6.00. The topological polar surface area (TPSA) is 70.4 Å². The summed E-state index contributed by atoms with van der Waals surface area (Å²) in [6, 6.07) is 4.58. The Morgan fingerprint density at radius 2 is 2.14 bits per heavy atom. The SMILES string of the molecule is COC(=O)C1CC(=O)N(c2ccc(C#N)cc2C(F)(F)F)C1. The van der Waals surface area contributed by atoms with Crippen LogP contribution >= 0.6 is 0 Å². The van der Waals surface area contributed by atoms with Gasteiger partial charge in [0.1, 0.15) is 0 Å². The van der Waals surface area contributed by atoms with E-state index in [0.717, 1.165) is 18.1 Å². The fourth-order valence-electron chi connectivity index (χ4n) is 2.33. The van der Waals surface area contributed by atoms with Gasteiger partial charge in [-0.15, -0.1) is 0 Å². The van der Waals surface area contributed by atoms with Gasteiger partial charge in [0.05, 0.1) is 35.9 Å². The van der Waals surface area contributed by atoms with Crippen molar-refractivity contribution in [1.82, 2.24) is 0 Å². The highest BCUT2D eigenvalue weighted by Gasteiger charge is 2.41. The lowest BCUT2D eigenvalue weighted by Crippen LogP contribution is -2.28.